The van der Waals surface area contributed by atoms with Gasteiger partial charge in [-0.25, -0.2) is 0 Å². The van der Waals surface area contributed by atoms with E-state index in [1.165, 1.54) is 9.80 Å². The van der Waals surface area contributed by atoms with E-state index >= 15 is 0 Å². The zero-order chi connectivity index (χ0) is 12.8. The van der Waals surface area contributed by atoms with E-state index in [1.54, 1.807) is 26.2 Å². The quantitative estimate of drug-likeness (QED) is 0.761. The summed E-state index contributed by atoms with van der Waals surface area (Å²) in [6.07, 6.45) is 0. The number of hydrogen-bond donors (Lipinski definition) is 0. The first-order chi connectivity index (χ1) is 8.06. The Morgan fingerprint density at radius 3 is 2.18 bits per heavy atom. The van der Waals surface area contributed by atoms with Crippen molar-refractivity contribution in [3.8, 4) is 0 Å². The summed E-state index contributed by atoms with van der Waals surface area (Å²) >= 11 is 5.54. The number of likely N-dealkylation sites (N-methyl/N-ethyl adjacent to an activating group) is 1. The molecular weight excluding hydrogens is 240 g/mol. The van der Waals surface area contributed by atoms with E-state index in [4.69, 9.17) is 11.6 Å². The van der Waals surface area contributed by atoms with Crippen molar-refractivity contribution < 1.29 is 9.59 Å². The van der Waals surface area contributed by atoms with Gasteiger partial charge in [0.15, 0.2) is 0 Å². The van der Waals surface area contributed by atoms with E-state index in [0.717, 1.165) is 0 Å². The van der Waals surface area contributed by atoms with Gasteiger partial charge in [-0.1, -0.05) is 18.2 Å². The van der Waals surface area contributed by atoms with E-state index in [-0.39, 0.29) is 24.2 Å². The summed E-state index contributed by atoms with van der Waals surface area (Å²) < 4.78 is 0. The number of para-hydroxylation sites is 1. The second-order valence-electron chi connectivity index (χ2n) is 3.74. The number of carbonyl (C=O) groups excluding carboxylic acids is 2. The SMILES string of the molecule is CN(C)C(=O)CN(C(=O)CCl)c1ccccc1. The van der Waals surface area contributed by atoms with Crippen molar-refractivity contribution in [2.24, 2.45) is 0 Å². The number of hydrogen-bond acceptors (Lipinski definition) is 2. The molecule has 0 bridgehead atoms. The van der Waals surface area contributed by atoms with E-state index in [2.05, 4.69) is 0 Å². The van der Waals surface area contributed by atoms with Crippen LogP contribution in [0, 0.1) is 0 Å². The number of amides is 2. The summed E-state index contributed by atoms with van der Waals surface area (Å²) in [5.74, 6) is -0.573. The van der Waals surface area contributed by atoms with Crippen LogP contribution in [0.3, 0.4) is 0 Å². The summed E-state index contributed by atoms with van der Waals surface area (Å²) in [7, 11) is 3.30. The Bertz CT molecular complexity index is 393. The fourth-order valence-corrected chi connectivity index (χ4v) is 1.42. The lowest BCUT2D eigenvalue weighted by Gasteiger charge is -2.23. The van der Waals surface area contributed by atoms with E-state index < -0.39 is 0 Å². The standard InChI is InChI=1S/C12H15ClN2O2/c1-14(2)12(17)9-15(11(16)8-13)10-6-4-3-5-7-10/h3-7H,8-9H2,1-2H3. The van der Waals surface area contributed by atoms with Crippen molar-refractivity contribution in [2.45, 2.75) is 0 Å². The first kappa shape index (κ1) is 13.5. The minimum atomic E-state index is -0.284. The predicted octanol–water partition coefficient (Wildman–Crippen LogP) is 1.35. The van der Waals surface area contributed by atoms with Gasteiger partial charge in [0.2, 0.25) is 11.8 Å². The third-order valence-electron chi connectivity index (χ3n) is 2.28. The summed E-state index contributed by atoms with van der Waals surface area (Å²) in [6, 6.07) is 9.01. The zero-order valence-corrected chi connectivity index (χ0v) is 10.6. The summed E-state index contributed by atoms with van der Waals surface area (Å²) in [4.78, 5) is 26.2. The van der Waals surface area contributed by atoms with Crippen LogP contribution in [0.1, 0.15) is 0 Å². The number of halogens is 1. The molecule has 0 radical (unpaired) electrons. The van der Waals surface area contributed by atoms with Crippen LogP contribution in [0.2, 0.25) is 0 Å². The molecule has 0 saturated heterocycles. The van der Waals surface area contributed by atoms with Crippen LogP contribution in [0.25, 0.3) is 0 Å². The molecule has 0 atom stereocenters. The molecule has 0 spiro atoms. The second-order valence-corrected chi connectivity index (χ2v) is 4.00. The van der Waals surface area contributed by atoms with Crippen LogP contribution < -0.4 is 4.90 Å². The van der Waals surface area contributed by atoms with Gasteiger partial charge in [-0.05, 0) is 12.1 Å². The molecular formula is C12H15ClN2O2. The smallest absolute Gasteiger partial charge is 0.242 e. The zero-order valence-electron chi connectivity index (χ0n) is 9.89. The van der Waals surface area contributed by atoms with Gasteiger partial charge in [0.25, 0.3) is 0 Å². The van der Waals surface area contributed by atoms with Crippen LogP contribution in [-0.2, 0) is 9.59 Å². The Hall–Kier alpha value is -1.55. The topological polar surface area (TPSA) is 40.6 Å². The summed E-state index contributed by atoms with van der Waals surface area (Å²) in [6.45, 7) is 0.00255. The molecule has 0 N–H and O–H groups in total. The van der Waals surface area contributed by atoms with E-state index in [1.807, 2.05) is 18.2 Å². The molecule has 17 heavy (non-hydrogen) atoms. The highest BCUT2D eigenvalue weighted by Gasteiger charge is 2.18. The van der Waals surface area contributed by atoms with Crippen molar-refractivity contribution in [2.75, 3.05) is 31.4 Å². The average molecular weight is 255 g/mol. The lowest BCUT2D eigenvalue weighted by molar-refractivity contribution is -0.128. The molecule has 0 aromatic heterocycles. The molecule has 2 amide bonds. The molecule has 5 heteroatoms. The molecule has 0 aliphatic heterocycles. The molecule has 4 nitrogen and oxygen atoms in total. The maximum absolute atomic E-state index is 11.7. The summed E-state index contributed by atoms with van der Waals surface area (Å²) in [5, 5.41) is 0. The largest absolute Gasteiger partial charge is 0.347 e. The monoisotopic (exact) mass is 254 g/mol. The maximum atomic E-state index is 11.7. The Morgan fingerprint density at radius 1 is 1.12 bits per heavy atom. The van der Waals surface area contributed by atoms with Gasteiger partial charge in [-0.2, -0.15) is 0 Å². The van der Waals surface area contributed by atoms with E-state index in [9.17, 15) is 9.59 Å². The normalized spacial score (nSPS) is 9.82. The number of carbonyl (C=O) groups is 2. The highest BCUT2D eigenvalue weighted by Crippen LogP contribution is 2.13. The molecule has 0 unspecified atom stereocenters. The van der Waals surface area contributed by atoms with Crippen LogP contribution in [-0.4, -0.2) is 43.2 Å². The number of benzene rings is 1. The fraction of sp³-hybridized carbons (Fsp3) is 0.333. The van der Waals surface area contributed by atoms with Crippen molar-refractivity contribution in [3.63, 3.8) is 0 Å². The van der Waals surface area contributed by atoms with Crippen molar-refractivity contribution >= 4 is 29.1 Å². The summed E-state index contributed by atoms with van der Waals surface area (Å²) in [5.41, 5.74) is 0.674. The molecule has 0 fully saturated rings. The van der Waals surface area contributed by atoms with Crippen molar-refractivity contribution in [1.29, 1.82) is 0 Å². The Balaban J connectivity index is 2.90. The minimum Gasteiger partial charge on any atom is -0.347 e. The molecule has 0 saturated carbocycles. The molecule has 0 aliphatic carbocycles. The number of alkyl halides is 1. The Labute approximate surface area is 106 Å². The van der Waals surface area contributed by atoms with Gasteiger partial charge < -0.3 is 9.80 Å². The maximum Gasteiger partial charge on any atom is 0.242 e. The fourth-order valence-electron chi connectivity index (χ4n) is 1.28. The lowest BCUT2D eigenvalue weighted by atomic mass is 10.3. The lowest BCUT2D eigenvalue weighted by Crippen LogP contribution is -2.41. The first-order valence-electron chi connectivity index (χ1n) is 5.17. The van der Waals surface area contributed by atoms with Crippen LogP contribution in [0.15, 0.2) is 30.3 Å². The number of rotatable bonds is 4. The van der Waals surface area contributed by atoms with E-state index in [0.29, 0.717) is 5.69 Å². The van der Waals surface area contributed by atoms with Gasteiger partial charge in [0.1, 0.15) is 12.4 Å². The molecule has 0 heterocycles. The highest BCUT2D eigenvalue weighted by molar-refractivity contribution is 6.29. The van der Waals surface area contributed by atoms with Gasteiger partial charge in [0.05, 0.1) is 0 Å². The van der Waals surface area contributed by atoms with Gasteiger partial charge >= 0.3 is 0 Å². The van der Waals surface area contributed by atoms with Crippen LogP contribution >= 0.6 is 11.6 Å². The number of nitrogens with zero attached hydrogens (tertiary/aromatic N) is 2. The molecule has 92 valence electrons. The van der Waals surface area contributed by atoms with Crippen molar-refractivity contribution in [3.05, 3.63) is 30.3 Å². The Morgan fingerprint density at radius 2 is 1.71 bits per heavy atom. The van der Waals surface area contributed by atoms with Crippen LogP contribution in [0.5, 0.6) is 0 Å². The third-order valence-corrected chi connectivity index (χ3v) is 2.50. The minimum absolute atomic E-state index is 0.00255. The molecule has 1 aromatic carbocycles. The third kappa shape index (κ3) is 3.75. The van der Waals surface area contributed by atoms with Gasteiger partial charge in [-0.3, -0.25) is 9.59 Å². The number of anilines is 1. The predicted molar refractivity (Wildman–Crippen MR) is 68.2 cm³/mol. The van der Waals surface area contributed by atoms with Crippen molar-refractivity contribution in [1.82, 2.24) is 4.90 Å². The second kappa shape index (κ2) is 6.25. The highest BCUT2D eigenvalue weighted by atomic mass is 35.5. The molecule has 1 aromatic rings. The van der Waals surface area contributed by atoms with Gasteiger partial charge in [0, 0.05) is 19.8 Å². The Kier molecular flexibility index (Phi) is 4.97. The first-order valence-corrected chi connectivity index (χ1v) is 5.71. The average Bonchev–Trinajstić information content (AvgIpc) is 2.35. The molecule has 0 aliphatic rings. The molecule has 1 rings (SSSR count). The van der Waals surface area contributed by atoms with Crippen LogP contribution in [0.4, 0.5) is 5.69 Å². The van der Waals surface area contributed by atoms with Gasteiger partial charge in [-0.15, -0.1) is 11.6 Å².